The SMILES string of the molecule is CC(=O)Nc1cc(NC(C)=O)cc(C(=O)N2CCC(c3c[nH]c4ncccc34)CC2)c1. The van der Waals surface area contributed by atoms with Gasteiger partial charge in [0.05, 0.1) is 0 Å². The number of carbonyl (C=O) groups excluding carboxylic acids is 3. The molecule has 3 aromatic rings. The number of nitrogens with one attached hydrogen (secondary N) is 3. The van der Waals surface area contributed by atoms with Crippen LogP contribution in [-0.4, -0.2) is 45.7 Å². The van der Waals surface area contributed by atoms with E-state index in [1.165, 1.54) is 19.4 Å². The van der Waals surface area contributed by atoms with E-state index in [1.807, 2.05) is 17.2 Å². The maximum atomic E-state index is 13.2. The van der Waals surface area contributed by atoms with Crippen molar-refractivity contribution in [2.75, 3.05) is 23.7 Å². The quantitative estimate of drug-likeness (QED) is 0.602. The molecule has 8 heteroatoms. The Labute approximate surface area is 180 Å². The second-order valence-electron chi connectivity index (χ2n) is 7.87. The number of likely N-dealkylation sites (tertiary alicyclic amines) is 1. The van der Waals surface area contributed by atoms with Gasteiger partial charge in [-0.2, -0.15) is 0 Å². The summed E-state index contributed by atoms with van der Waals surface area (Å²) in [5.41, 5.74) is 3.52. The molecule has 1 aromatic carbocycles. The van der Waals surface area contributed by atoms with E-state index in [4.69, 9.17) is 0 Å². The van der Waals surface area contributed by atoms with Crippen LogP contribution >= 0.6 is 0 Å². The molecule has 0 bridgehead atoms. The topological polar surface area (TPSA) is 107 Å². The lowest BCUT2D eigenvalue weighted by atomic mass is 9.89. The van der Waals surface area contributed by atoms with Crippen molar-refractivity contribution in [3.63, 3.8) is 0 Å². The monoisotopic (exact) mass is 419 g/mol. The first-order chi connectivity index (χ1) is 14.9. The van der Waals surface area contributed by atoms with E-state index in [2.05, 4.69) is 26.7 Å². The van der Waals surface area contributed by atoms with Crippen LogP contribution in [0.15, 0.2) is 42.7 Å². The van der Waals surface area contributed by atoms with Gasteiger partial charge in [0.1, 0.15) is 5.65 Å². The van der Waals surface area contributed by atoms with Crippen LogP contribution < -0.4 is 10.6 Å². The van der Waals surface area contributed by atoms with Crippen molar-refractivity contribution in [1.29, 1.82) is 0 Å². The van der Waals surface area contributed by atoms with E-state index in [0.717, 1.165) is 23.9 Å². The minimum atomic E-state index is -0.243. The fourth-order valence-electron chi connectivity index (χ4n) is 4.19. The average Bonchev–Trinajstić information content (AvgIpc) is 3.16. The van der Waals surface area contributed by atoms with Gasteiger partial charge in [-0.3, -0.25) is 14.4 Å². The maximum absolute atomic E-state index is 13.2. The summed E-state index contributed by atoms with van der Waals surface area (Å²) in [4.78, 5) is 45.5. The zero-order valence-electron chi connectivity index (χ0n) is 17.6. The summed E-state index contributed by atoms with van der Waals surface area (Å²) in [6.07, 6.45) is 5.51. The summed E-state index contributed by atoms with van der Waals surface area (Å²) in [6.45, 7) is 4.07. The van der Waals surface area contributed by atoms with Gasteiger partial charge in [0.15, 0.2) is 0 Å². The van der Waals surface area contributed by atoms with Crippen molar-refractivity contribution >= 4 is 40.1 Å². The third-order valence-corrected chi connectivity index (χ3v) is 5.53. The number of hydrogen-bond donors (Lipinski definition) is 3. The number of piperidine rings is 1. The molecular weight excluding hydrogens is 394 g/mol. The molecule has 160 valence electrons. The van der Waals surface area contributed by atoms with Crippen LogP contribution in [0.5, 0.6) is 0 Å². The van der Waals surface area contributed by atoms with Gasteiger partial charge in [0.25, 0.3) is 5.91 Å². The Morgan fingerprint density at radius 3 is 2.29 bits per heavy atom. The number of fused-ring (bicyclic) bond motifs is 1. The lowest BCUT2D eigenvalue weighted by Crippen LogP contribution is -2.38. The molecule has 3 amide bonds. The number of aromatic nitrogens is 2. The Balaban J connectivity index is 1.50. The summed E-state index contributed by atoms with van der Waals surface area (Å²) in [6, 6.07) is 8.94. The maximum Gasteiger partial charge on any atom is 0.254 e. The van der Waals surface area contributed by atoms with Crippen molar-refractivity contribution in [2.45, 2.75) is 32.6 Å². The zero-order valence-corrected chi connectivity index (χ0v) is 17.6. The van der Waals surface area contributed by atoms with Crippen molar-refractivity contribution in [3.05, 3.63) is 53.9 Å². The highest BCUT2D eigenvalue weighted by Crippen LogP contribution is 2.33. The Morgan fingerprint density at radius 2 is 1.68 bits per heavy atom. The second kappa shape index (κ2) is 8.59. The van der Waals surface area contributed by atoms with Gasteiger partial charge in [0.2, 0.25) is 11.8 Å². The van der Waals surface area contributed by atoms with Crippen LogP contribution in [-0.2, 0) is 9.59 Å². The minimum absolute atomic E-state index is 0.113. The number of benzene rings is 1. The number of nitrogens with zero attached hydrogens (tertiary/aromatic N) is 2. The Morgan fingerprint density at radius 1 is 1.03 bits per heavy atom. The standard InChI is InChI=1S/C23H25N5O3/c1-14(29)26-18-10-17(11-19(12-18)27-15(2)30)23(31)28-8-5-16(6-9-28)21-13-25-22-20(21)4-3-7-24-22/h3-4,7,10-13,16H,5-6,8-9H2,1-2H3,(H,24,25)(H,26,29)(H,27,30). The summed E-state index contributed by atoms with van der Waals surface area (Å²) in [5.74, 6) is -0.236. The third-order valence-electron chi connectivity index (χ3n) is 5.53. The van der Waals surface area contributed by atoms with Crippen LogP contribution in [0, 0.1) is 0 Å². The van der Waals surface area contributed by atoms with E-state index >= 15 is 0 Å². The Bertz CT molecular complexity index is 1110. The summed E-state index contributed by atoms with van der Waals surface area (Å²) in [5, 5.41) is 6.51. The number of pyridine rings is 1. The van der Waals surface area contributed by atoms with Gasteiger partial charge in [-0.05, 0) is 54.7 Å². The molecule has 0 unspecified atom stereocenters. The van der Waals surface area contributed by atoms with Crippen molar-refractivity contribution < 1.29 is 14.4 Å². The number of anilines is 2. The Hall–Kier alpha value is -3.68. The lowest BCUT2D eigenvalue weighted by molar-refractivity contribution is -0.115. The third kappa shape index (κ3) is 4.58. The van der Waals surface area contributed by atoms with E-state index in [-0.39, 0.29) is 17.7 Å². The van der Waals surface area contributed by atoms with Crippen molar-refractivity contribution in [1.82, 2.24) is 14.9 Å². The van der Waals surface area contributed by atoms with E-state index in [9.17, 15) is 14.4 Å². The molecular formula is C23H25N5O3. The molecule has 1 aliphatic rings. The number of H-pyrrole nitrogens is 1. The number of carbonyl (C=O) groups is 3. The molecule has 1 fully saturated rings. The smallest absolute Gasteiger partial charge is 0.254 e. The highest BCUT2D eigenvalue weighted by molar-refractivity contribution is 6.00. The molecule has 0 spiro atoms. The van der Waals surface area contributed by atoms with Gasteiger partial charge in [-0.15, -0.1) is 0 Å². The molecule has 0 saturated carbocycles. The molecule has 0 aliphatic carbocycles. The number of hydrogen-bond acceptors (Lipinski definition) is 4. The predicted octanol–water partition coefficient (Wildman–Crippen LogP) is 3.50. The van der Waals surface area contributed by atoms with Crippen LogP contribution in [0.2, 0.25) is 0 Å². The molecule has 4 rings (SSSR count). The summed E-state index contributed by atoms with van der Waals surface area (Å²) >= 11 is 0. The zero-order chi connectivity index (χ0) is 22.0. The van der Waals surface area contributed by atoms with Gasteiger partial charge in [0, 0.05) is 61.7 Å². The molecule has 0 atom stereocenters. The summed E-state index contributed by atoms with van der Waals surface area (Å²) < 4.78 is 0. The second-order valence-corrected chi connectivity index (χ2v) is 7.87. The van der Waals surface area contributed by atoms with E-state index < -0.39 is 0 Å². The molecule has 0 radical (unpaired) electrons. The van der Waals surface area contributed by atoms with Gasteiger partial charge >= 0.3 is 0 Å². The fourth-order valence-corrected chi connectivity index (χ4v) is 4.19. The molecule has 1 saturated heterocycles. The minimum Gasteiger partial charge on any atom is -0.346 e. The van der Waals surface area contributed by atoms with Gasteiger partial charge in [-0.1, -0.05) is 0 Å². The van der Waals surface area contributed by atoms with Gasteiger partial charge < -0.3 is 20.5 Å². The summed E-state index contributed by atoms with van der Waals surface area (Å²) in [7, 11) is 0. The van der Waals surface area contributed by atoms with E-state index in [0.29, 0.717) is 35.9 Å². The van der Waals surface area contributed by atoms with Crippen LogP contribution in [0.4, 0.5) is 11.4 Å². The van der Waals surface area contributed by atoms with E-state index in [1.54, 1.807) is 24.4 Å². The molecule has 2 aromatic heterocycles. The van der Waals surface area contributed by atoms with Crippen LogP contribution in [0.25, 0.3) is 11.0 Å². The normalized spacial score (nSPS) is 14.5. The first kappa shape index (κ1) is 20.6. The predicted molar refractivity (Wildman–Crippen MR) is 119 cm³/mol. The molecule has 1 aliphatic heterocycles. The van der Waals surface area contributed by atoms with Gasteiger partial charge in [-0.25, -0.2) is 4.98 Å². The first-order valence-corrected chi connectivity index (χ1v) is 10.3. The fraction of sp³-hybridized carbons (Fsp3) is 0.304. The number of aromatic amines is 1. The largest absolute Gasteiger partial charge is 0.346 e. The Kier molecular flexibility index (Phi) is 5.70. The molecule has 3 N–H and O–H groups in total. The molecule has 3 heterocycles. The number of rotatable bonds is 4. The highest BCUT2D eigenvalue weighted by atomic mass is 16.2. The molecule has 31 heavy (non-hydrogen) atoms. The number of amides is 3. The first-order valence-electron chi connectivity index (χ1n) is 10.3. The van der Waals surface area contributed by atoms with Crippen LogP contribution in [0.3, 0.4) is 0 Å². The molecule has 8 nitrogen and oxygen atoms in total. The lowest BCUT2D eigenvalue weighted by Gasteiger charge is -2.32. The highest BCUT2D eigenvalue weighted by Gasteiger charge is 2.26. The average molecular weight is 419 g/mol. The van der Waals surface area contributed by atoms with Crippen molar-refractivity contribution in [2.24, 2.45) is 0 Å². The van der Waals surface area contributed by atoms with Crippen LogP contribution in [0.1, 0.15) is 48.5 Å². The van der Waals surface area contributed by atoms with Crippen molar-refractivity contribution in [3.8, 4) is 0 Å².